The SMILES string of the molecule is O=C(OCC1CC2C=CC1C2)c1ccccc1C(=O)OCC1CC2C=CC1C2. The lowest BCUT2D eigenvalue weighted by Crippen LogP contribution is -2.21. The van der Waals surface area contributed by atoms with Gasteiger partial charge in [-0.05, 0) is 73.3 Å². The molecule has 4 aliphatic carbocycles. The minimum Gasteiger partial charge on any atom is -0.462 e. The maximum atomic E-state index is 12.6. The van der Waals surface area contributed by atoms with E-state index in [-0.39, 0.29) is 0 Å². The number of carbonyl (C=O) groups is 2. The zero-order valence-corrected chi connectivity index (χ0v) is 16.0. The molecule has 0 aromatic heterocycles. The molecule has 28 heavy (non-hydrogen) atoms. The predicted molar refractivity (Wildman–Crippen MR) is 105 cm³/mol. The van der Waals surface area contributed by atoms with Crippen LogP contribution in [-0.2, 0) is 9.47 Å². The average Bonchev–Trinajstić information content (AvgIpc) is 3.51. The molecule has 2 fully saturated rings. The highest BCUT2D eigenvalue weighted by Crippen LogP contribution is 2.44. The summed E-state index contributed by atoms with van der Waals surface area (Å²) in [7, 11) is 0. The third-order valence-corrected chi connectivity index (χ3v) is 7.06. The molecule has 2 saturated carbocycles. The fourth-order valence-corrected chi connectivity index (χ4v) is 5.53. The molecule has 0 spiro atoms. The summed E-state index contributed by atoms with van der Waals surface area (Å²) in [5.74, 6) is 2.33. The van der Waals surface area contributed by atoms with Gasteiger partial charge in [-0.15, -0.1) is 0 Å². The van der Waals surface area contributed by atoms with Gasteiger partial charge in [-0.25, -0.2) is 9.59 Å². The van der Waals surface area contributed by atoms with Crippen molar-refractivity contribution in [3.63, 3.8) is 0 Å². The molecular weight excluding hydrogens is 352 g/mol. The van der Waals surface area contributed by atoms with Crippen LogP contribution in [0.15, 0.2) is 48.6 Å². The molecule has 1 aromatic carbocycles. The number of fused-ring (bicyclic) bond motifs is 4. The molecule has 0 heterocycles. The first-order valence-corrected chi connectivity index (χ1v) is 10.5. The topological polar surface area (TPSA) is 52.6 Å². The van der Waals surface area contributed by atoms with Gasteiger partial charge < -0.3 is 9.47 Å². The van der Waals surface area contributed by atoms with E-state index in [9.17, 15) is 9.59 Å². The standard InChI is InChI=1S/C24H26O4/c25-23(27-13-19-11-15-5-7-17(19)9-15)21-3-1-2-4-22(21)24(26)28-14-20-12-16-6-8-18(20)10-16/h1-8,15-20H,9-14H2. The van der Waals surface area contributed by atoms with Crippen molar-refractivity contribution in [1.82, 2.24) is 0 Å². The molecule has 0 N–H and O–H groups in total. The Hall–Kier alpha value is -2.36. The molecule has 4 heteroatoms. The molecule has 4 nitrogen and oxygen atoms in total. The van der Waals surface area contributed by atoms with Crippen LogP contribution < -0.4 is 0 Å². The quantitative estimate of drug-likeness (QED) is 0.543. The van der Waals surface area contributed by atoms with E-state index in [1.807, 2.05) is 0 Å². The third kappa shape index (κ3) is 3.30. The van der Waals surface area contributed by atoms with Crippen molar-refractivity contribution in [2.75, 3.05) is 13.2 Å². The number of allylic oxidation sites excluding steroid dienone is 4. The second-order valence-electron chi connectivity index (χ2n) is 8.82. The van der Waals surface area contributed by atoms with E-state index in [4.69, 9.17) is 9.47 Å². The van der Waals surface area contributed by atoms with Gasteiger partial charge in [-0.3, -0.25) is 0 Å². The lowest BCUT2D eigenvalue weighted by atomic mass is 9.94. The fraction of sp³-hybridized carbons (Fsp3) is 0.500. The van der Waals surface area contributed by atoms with E-state index in [1.54, 1.807) is 24.3 Å². The van der Waals surface area contributed by atoms with Gasteiger partial charge in [0.05, 0.1) is 24.3 Å². The second kappa shape index (κ2) is 7.23. The molecule has 5 rings (SSSR count). The molecule has 0 aliphatic heterocycles. The van der Waals surface area contributed by atoms with Gasteiger partial charge in [0.25, 0.3) is 0 Å². The summed E-state index contributed by atoms with van der Waals surface area (Å²) in [6.07, 6.45) is 13.6. The highest BCUT2D eigenvalue weighted by Gasteiger charge is 2.37. The number of hydrogen-bond donors (Lipinski definition) is 0. The first kappa shape index (κ1) is 17.7. The summed E-state index contributed by atoms with van der Waals surface area (Å²) < 4.78 is 11.2. The van der Waals surface area contributed by atoms with Crippen molar-refractivity contribution < 1.29 is 19.1 Å². The van der Waals surface area contributed by atoms with Crippen molar-refractivity contribution in [2.45, 2.75) is 25.7 Å². The third-order valence-electron chi connectivity index (χ3n) is 7.06. The van der Waals surface area contributed by atoms with Gasteiger partial charge in [0.2, 0.25) is 0 Å². The maximum Gasteiger partial charge on any atom is 0.339 e. The number of esters is 2. The number of rotatable bonds is 6. The van der Waals surface area contributed by atoms with Crippen LogP contribution in [0.3, 0.4) is 0 Å². The first-order chi connectivity index (χ1) is 13.7. The largest absolute Gasteiger partial charge is 0.462 e. The molecule has 4 aliphatic rings. The van der Waals surface area contributed by atoms with Gasteiger partial charge >= 0.3 is 11.9 Å². The highest BCUT2D eigenvalue weighted by atomic mass is 16.5. The van der Waals surface area contributed by atoms with Crippen LogP contribution in [0.4, 0.5) is 0 Å². The molecule has 6 unspecified atom stereocenters. The van der Waals surface area contributed by atoms with E-state index in [2.05, 4.69) is 24.3 Å². The Bertz CT molecular complexity index is 770. The van der Waals surface area contributed by atoms with Gasteiger partial charge in [0, 0.05) is 0 Å². The highest BCUT2D eigenvalue weighted by molar-refractivity contribution is 6.03. The van der Waals surface area contributed by atoms with E-state index >= 15 is 0 Å². The predicted octanol–water partition coefficient (Wildman–Crippen LogP) is 4.42. The van der Waals surface area contributed by atoms with E-state index in [1.165, 1.54) is 12.8 Å². The van der Waals surface area contributed by atoms with E-state index < -0.39 is 11.9 Å². The molecule has 0 radical (unpaired) electrons. The fourth-order valence-electron chi connectivity index (χ4n) is 5.53. The van der Waals surface area contributed by atoms with Crippen molar-refractivity contribution in [2.24, 2.45) is 35.5 Å². The van der Waals surface area contributed by atoms with Crippen LogP contribution in [-0.4, -0.2) is 25.2 Å². The minimum absolute atomic E-state index is 0.305. The van der Waals surface area contributed by atoms with Crippen LogP contribution in [0.1, 0.15) is 46.4 Å². The average molecular weight is 378 g/mol. The Balaban J connectivity index is 1.19. The van der Waals surface area contributed by atoms with Crippen LogP contribution in [0.5, 0.6) is 0 Å². The number of benzene rings is 1. The van der Waals surface area contributed by atoms with Crippen molar-refractivity contribution in [3.8, 4) is 0 Å². The molecular formula is C24H26O4. The van der Waals surface area contributed by atoms with Crippen molar-refractivity contribution in [1.29, 1.82) is 0 Å². The maximum absolute atomic E-state index is 12.6. The Morgan fingerprint density at radius 3 is 1.54 bits per heavy atom. The number of hydrogen-bond acceptors (Lipinski definition) is 4. The van der Waals surface area contributed by atoms with E-state index in [0.29, 0.717) is 59.8 Å². The molecule has 146 valence electrons. The summed E-state index contributed by atoms with van der Waals surface area (Å²) in [6.45, 7) is 0.844. The lowest BCUT2D eigenvalue weighted by molar-refractivity contribution is 0.0374. The Morgan fingerprint density at radius 1 is 0.714 bits per heavy atom. The smallest absolute Gasteiger partial charge is 0.339 e. The number of carbonyl (C=O) groups excluding carboxylic acids is 2. The summed E-state index contributed by atoms with van der Waals surface area (Å²) >= 11 is 0. The van der Waals surface area contributed by atoms with Crippen molar-refractivity contribution in [3.05, 3.63) is 59.7 Å². The molecule has 1 aromatic rings. The normalized spacial score (nSPS) is 34.1. The molecule has 4 bridgehead atoms. The second-order valence-corrected chi connectivity index (χ2v) is 8.82. The van der Waals surface area contributed by atoms with Crippen molar-refractivity contribution >= 4 is 11.9 Å². The Labute approximate surface area is 165 Å². The van der Waals surface area contributed by atoms with Gasteiger partial charge in [-0.2, -0.15) is 0 Å². The van der Waals surface area contributed by atoms with Crippen LogP contribution in [0.25, 0.3) is 0 Å². The Morgan fingerprint density at radius 2 is 1.18 bits per heavy atom. The molecule has 0 saturated heterocycles. The Kier molecular flexibility index (Phi) is 4.58. The first-order valence-electron chi connectivity index (χ1n) is 10.5. The van der Waals surface area contributed by atoms with Gasteiger partial charge in [0.1, 0.15) is 0 Å². The molecule has 0 amide bonds. The minimum atomic E-state index is -0.429. The summed E-state index contributed by atoms with van der Waals surface area (Å²) in [5.41, 5.74) is 0.609. The zero-order valence-electron chi connectivity index (χ0n) is 16.0. The van der Waals surface area contributed by atoms with E-state index in [0.717, 1.165) is 12.8 Å². The lowest BCUT2D eigenvalue weighted by Gasteiger charge is -2.19. The summed E-state index contributed by atoms with van der Waals surface area (Å²) in [4.78, 5) is 25.3. The molecule has 6 atom stereocenters. The van der Waals surface area contributed by atoms with Gasteiger partial charge in [0.15, 0.2) is 0 Å². The zero-order chi connectivity index (χ0) is 19.1. The van der Waals surface area contributed by atoms with Crippen LogP contribution >= 0.6 is 0 Å². The van der Waals surface area contributed by atoms with Crippen LogP contribution in [0.2, 0.25) is 0 Å². The van der Waals surface area contributed by atoms with Crippen LogP contribution in [0, 0.1) is 35.5 Å². The number of ether oxygens (including phenoxy) is 2. The summed E-state index contributed by atoms with van der Waals surface area (Å²) in [5, 5.41) is 0. The summed E-state index contributed by atoms with van der Waals surface area (Å²) in [6, 6.07) is 6.82. The monoisotopic (exact) mass is 378 g/mol. The van der Waals surface area contributed by atoms with Gasteiger partial charge in [-0.1, -0.05) is 36.4 Å².